The van der Waals surface area contributed by atoms with Crippen molar-refractivity contribution in [2.24, 2.45) is 0 Å². The molecule has 4 heteroatoms. The minimum absolute atomic E-state index is 0.220. The molecular weight excluding hydrogens is 266 g/mol. The molecule has 3 rings (SSSR count). The number of rotatable bonds is 4. The summed E-state index contributed by atoms with van der Waals surface area (Å²) in [6, 6.07) is 8.74. The molecule has 20 heavy (non-hydrogen) atoms. The Kier molecular flexibility index (Phi) is 3.76. The topological polar surface area (TPSA) is 37.8 Å². The molecule has 1 unspecified atom stereocenters. The number of nitrogens with one attached hydrogen (secondary N) is 1. The maximum absolute atomic E-state index is 4.40. The number of benzene rings is 1. The molecule has 0 saturated heterocycles. The standard InChI is InChI=1S/C16H17N3S/c1-3-17-16(13-6-9-20-11(13)2)12-4-5-14-15(10-12)19-8-7-18-14/h4-10,16-17H,3H2,1-2H3. The SMILES string of the molecule is CCNC(c1ccc2nccnc2c1)c1ccsc1C. The largest absolute Gasteiger partial charge is 0.306 e. The monoisotopic (exact) mass is 283 g/mol. The van der Waals surface area contributed by atoms with Gasteiger partial charge < -0.3 is 5.32 Å². The van der Waals surface area contributed by atoms with Crippen LogP contribution in [-0.2, 0) is 0 Å². The van der Waals surface area contributed by atoms with Crippen LogP contribution in [0.3, 0.4) is 0 Å². The molecule has 2 heterocycles. The number of hydrogen-bond donors (Lipinski definition) is 1. The number of nitrogens with zero attached hydrogens (tertiary/aromatic N) is 2. The zero-order valence-electron chi connectivity index (χ0n) is 11.6. The normalized spacial score (nSPS) is 12.7. The van der Waals surface area contributed by atoms with E-state index in [1.165, 1.54) is 16.0 Å². The Morgan fingerprint density at radius 1 is 1.15 bits per heavy atom. The lowest BCUT2D eigenvalue weighted by Gasteiger charge is -2.19. The van der Waals surface area contributed by atoms with Gasteiger partial charge in [-0.05, 0) is 48.2 Å². The molecule has 0 amide bonds. The third-order valence-electron chi connectivity index (χ3n) is 3.44. The summed E-state index contributed by atoms with van der Waals surface area (Å²) in [6.45, 7) is 5.24. The fraction of sp³-hybridized carbons (Fsp3) is 0.250. The summed E-state index contributed by atoms with van der Waals surface area (Å²) < 4.78 is 0. The van der Waals surface area contributed by atoms with Gasteiger partial charge in [0, 0.05) is 17.3 Å². The van der Waals surface area contributed by atoms with Crippen LogP contribution in [0.4, 0.5) is 0 Å². The lowest BCUT2D eigenvalue weighted by molar-refractivity contribution is 0.630. The summed E-state index contributed by atoms with van der Waals surface area (Å²) in [5, 5.41) is 5.71. The van der Waals surface area contributed by atoms with Gasteiger partial charge in [-0.1, -0.05) is 13.0 Å². The molecule has 2 aromatic heterocycles. The molecule has 1 atom stereocenters. The van der Waals surface area contributed by atoms with E-state index in [4.69, 9.17) is 0 Å². The van der Waals surface area contributed by atoms with E-state index in [1.807, 2.05) is 6.07 Å². The molecule has 102 valence electrons. The van der Waals surface area contributed by atoms with Crippen molar-refractivity contribution in [1.82, 2.24) is 15.3 Å². The highest BCUT2D eigenvalue weighted by atomic mass is 32.1. The van der Waals surface area contributed by atoms with Crippen LogP contribution in [0.15, 0.2) is 42.0 Å². The van der Waals surface area contributed by atoms with Crippen molar-refractivity contribution in [2.75, 3.05) is 6.54 Å². The van der Waals surface area contributed by atoms with Gasteiger partial charge in [0.05, 0.1) is 17.1 Å². The molecule has 0 radical (unpaired) electrons. The van der Waals surface area contributed by atoms with Gasteiger partial charge in [0.15, 0.2) is 0 Å². The van der Waals surface area contributed by atoms with Gasteiger partial charge in [0.2, 0.25) is 0 Å². The summed E-state index contributed by atoms with van der Waals surface area (Å²) in [4.78, 5) is 10.1. The van der Waals surface area contributed by atoms with Crippen molar-refractivity contribution < 1.29 is 0 Å². The molecule has 0 aliphatic carbocycles. The van der Waals surface area contributed by atoms with Crippen LogP contribution in [-0.4, -0.2) is 16.5 Å². The highest BCUT2D eigenvalue weighted by Crippen LogP contribution is 2.29. The van der Waals surface area contributed by atoms with Crippen molar-refractivity contribution in [1.29, 1.82) is 0 Å². The summed E-state index contributed by atoms with van der Waals surface area (Å²) in [6.07, 6.45) is 3.47. The van der Waals surface area contributed by atoms with Crippen LogP contribution in [0.2, 0.25) is 0 Å². The first-order chi connectivity index (χ1) is 9.79. The van der Waals surface area contributed by atoms with E-state index in [0.29, 0.717) is 0 Å². The van der Waals surface area contributed by atoms with Crippen molar-refractivity contribution >= 4 is 22.4 Å². The van der Waals surface area contributed by atoms with E-state index in [1.54, 1.807) is 23.7 Å². The van der Waals surface area contributed by atoms with E-state index < -0.39 is 0 Å². The van der Waals surface area contributed by atoms with Crippen LogP contribution in [0, 0.1) is 6.92 Å². The first kappa shape index (κ1) is 13.2. The number of fused-ring (bicyclic) bond motifs is 1. The third-order valence-corrected chi connectivity index (χ3v) is 4.31. The number of aromatic nitrogens is 2. The van der Waals surface area contributed by atoms with E-state index in [-0.39, 0.29) is 6.04 Å². The van der Waals surface area contributed by atoms with Crippen molar-refractivity contribution in [3.63, 3.8) is 0 Å². The van der Waals surface area contributed by atoms with Crippen LogP contribution in [0.1, 0.15) is 29.0 Å². The van der Waals surface area contributed by atoms with Crippen molar-refractivity contribution in [2.45, 2.75) is 19.9 Å². The molecule has 3 aromatic rings. The van der Waals surface area contributed by atoms with Gasteiger partial charge in [-0.3, -0.25) is 9.97 Å². The second kappa shape index (κ2) is 5.69. The van der Waals surface area contributed by atoms with Crippen molar-refractivity contribution in [3.05, 3.63) is 58.0 Å². The Hall–Kier alpha value is -1.78. The highest BCUT2D eigenvalue weighted by molar-refractivity contribution is 7.10. The Morgan fingerprint density at radius 2 is 1.95 bits per heavy atom. The molecule has 0 spiro atoms. The van der Waals surface area contributed by atoms with Crippen LogP contribution in [0.5, 0.6) is 0 Å². The average molecular weight is 283 g/mol. The number of aryl methyl sites for hydroxylation is 1. The fourth-order valence-electron chi connectivity index (χ4n) is 2.47. The van der Waals surface area contributed by atoms with Gasteiger partial charge in [0.25, 0.3) is 0 Å². The maximum Gasteiger partial charge on any atom is 0.0890 e. The minimum Gasteiger partial charge on any atom is -0.306 e. The smallest absolute Gasteiger partial charge is 0.0890 e. The highest BCUT2D eigenvalue weighted by Gasteiger charge is 2.16. The number of hydrogen-bond acceptors (Lipinski definition) is 4. The van der Waals surface area contributed by atoms with Gasteiger partial charge in [-0.25, -0.2) is 0 Å². The van der Waals surface area contributed by atoms with Gasteiger partial charge >= 0.3 is 0 Å². The first-order valence-corrected chi connectivity index (χ1v) is 7.65. The van der Waals surface area contributed by atoms with E-state index in [2.05, 4.69) is 52.7 Å². The zero-order chi connectivity index (χ0) is 13.9. The second-order valence-corrected chi connectivity index (χ2v) is 5.85. The minimum atomic E-state index is 0.220. The molecule has 1 N–H and O–H groups in total. The second-order valence-electron chi connectivity index (χ2n) is 4.73. The molecule has 1 aromatic carbocycles. The van der Waals surface area contributed by atoms with E-state index >= 15 is 0 Å². The lowest BCUT2D eigenvalue weighted by Crippen LogP contribution is -2.22. The zero-order valence-corrected chi connectivity index (χ0v) is 12.4. The Labute approximate surface area is 122 Å². The summed E-state index contributed by atoms with van der Waals surface area (Å²) >= 11 is 1.79. The van der Waals surface area contributed by atoms with Crippen LogP contribution >= 0.6 is 11.3 Å². The number of thiophene rings is 1. The summed E-state index contributed by atoms with van der Waals surface area (Å²) in [5.74, 6) is 0. The lowest BCUT2D eigenvalue weighted by atomic mass is 9.99. The van der Waals surface area contributed by atoms with Crippen LogP contribution in [0.25, 0.3) is 11.0 Å². The van der Waals surface area contributed by atoms with E-state index in [0.717, 1.165) is 17.6 Å². The van der Waals surface area contributed by atoms with Crippen LogP contribution < -0.4 is 5.32 Å². The van der Waals surface area contributed by atoms with Crippen molar-refractivity contribution in [3.8, 4) is 0 Å². The molecule has 0 aliphatic heterocycles. The predicted molar refractivity (Wildman–Crippen MR) is 84.1 cm³/mol. The van der Waals surface area contributed by atoms with E-state index in [9.17, 15) is 0 Å². The third kappa shape index (κ3) is 2.44. The quantitative estimate of drug-likeness (QED) is 0.793. The maximum atomic E-state index is 4.40. The molecule has 0 fully saturated rings. The first-order valence-electron chi connectivity index (χ1n) is 6.77. The Morgan fingerprint density at radius 3 is 2.65 bits per heavy atom. The predicted octanol–water partition coefficient (Wildman–Crippen LogP) is 3.70. The summed E-state index contributed by atoms with van der Waals surface area (Å²) in [5.41, 5.74) is 4.47. The van der Waals surface area contributed by atoms with Gasteiger partial charge in [-0.15, -0.1) is 11.3 Å². The molecular formula is C16H17N3S. The molecule has 3 nitrogen and oxygen atoms in total. The Bertz CT molecular complexity index is 720. The molecule has 0 aliphatic rings. The molecule has 0 saturated carbocycles. The average Bonchev–Trinajstić information content (AvgIpc) is 2.90. The fourth-order valence-corrected chi connectivity index (χ4v) is 3.21. The Balaban J connectivity index is 2.07. The molecule has 0 bridgehead atoms. The summed E-state index contributed by atoms with van der Waals surface area (Å²) in [7, 11) is 0. The van der Waals surface area contributed by atoms with Gasteiger partial charge in [0.1, 0.15) is 0 Å². The van der Waals surface area contributed by atoms with Gasteiger partial charge in [-0.2, -0.15) is 0 Å².